The first-order chi connectivity index (χ1) is 8.04. The highest BCUT2D eigenvalue weighted by Crippen LogP contribution is 2.20. The summed E-state index contributed by atoms with van der Waals surface area (Å²) in [6.45, 7) is 7.20. The summed E-state index contributed by atoms with van der Waals surface area (Å²) in [7, 11) is 3.84. The Kier molecular flexibility index (Phi) is 5.29. The van der Waals surface area contributed by atoms with Gasteiger partial charge in [0.25, 0.3) is 0 Å². The molecule has 0 radical (unpaired) electrons. The van der Waals surface area contributed by atoms with E-state index >= 15 is 0 Å². The third kappa shape index (κ3) is 4.27. The largest absolute Gasteiger partial charge is 0.383 e. The molecule has 3 heteroatoms. The van der Waals surface area contributed by atoms with Crippen molar-refractivity contribution in [2.24, 2.45) is 0 Å². The third-order valence-electron chi connectivity index (χ3n) is 2.86. The lowest BCUT2D eigenvalue weighted by molar-refractivity contribution is 0.190. The fourth-order valence-electron chi connectivity index (χ4n) is 1.69. The van der Waals surface area contributed by atoms with Crippen LogP contribution in [-0.2, 0) is 4.74 Å². The van der Waals surface area contributed by atoms with Crippen molar-refractivity contribution in [1.29, 1.82) is 0 Å². The number of ether oxygens (including phenoxy) is 1. The summed E-state index contributed by atoms with van der Waals surface area (Å²) in [5, 5.41) is 3.43. The molecular formula is C14H24N2O. The average molecular weight is 236 g/mol. The van der Waals surface area contributed by atoms with Gasteiger partial charge in [-0.05, 0) is 39.0 Å². The molecule has 0 aliphatic rings. The molecule has 0 fully saturated rings. The quantitative estimate of drug-likeness (QED) is 0.822. The van der Waals surface area contributed by atoms with E-state index in [9.17, 15) is 0 Å². The van der Waals surface area contributed by atoms with Gasteiger partial charge in [-0.2, -0.15) is 0 Å². The fourth-order valence-corrected chi connectivity index (χ4v) is 1.69. The fraction of sp³-hybridized carbons (Fsp3) is 0.571. The van der Waals surface area contributed by atoms with Crippen LogP contribution in [0.2, 0.25) is 0 Å². The molecule has 17 heavy (non-hydrogen) atoms. The lowest BCUT2D eigenvalue weighted by Crippen LogP contribution is -2.26. The lowest BCUT2D eigenvalue weighted by atomic mass is 10.2. The molecule has 0 aliphatic heterocycles. The molecule has 0 saturated heterocycles. The van der Waals surface area contributed by atoms with Crippen LogP contribution in [0.1, 0.15) is 20.8 Å². The summed E-state index contributed by atoms with van der Waals surface area (Å²) in [6.07, 6.45) is 0. The third-order valence-corrected chi connectivity index (χ3v) is 2.86. The molecule has 96 valence electrons. The number of nitrogens with zero attached hydrogens (tertiary/aromatic N) is 1. The topological polar surface area (TPSA) is 24.5 Å². The summed E-state index contributed by atoms with van der Waals surface area (Å²) < 4.78 is 5.12. The maximum Gasteiger partial charge on any atom is 0.0661 e. The maximum atomic E-state index is 5.12. The summed E-state index contributed by atoms with van der Waals surface area (Å²) in [4.78, 5) is 2.26. The molecule has 1 aromatic carbocycles. The van der Waals surface area contributed by atoms with Crippen LogP contribution in [0.3, 0.4) is 0 Å². The summed E-state index contributed by atoms with van der Waals surface area (Å²) in [5.74, 6) is 0. The van der Waals surface area contributed by atoms with Gasteiger partial charge in [-0.25, -0.2) is 0 Å². The van der Waals surface area contributed by atoms with E-state index in [1.807, 2.05) is 0 Å². The molecule has 0 saturated carbocycles. The molecule has 0 bridgehead atoms. The van der Waals surface area contributed by atoms with Crippen molar-refractivity contribution >= 4 is 11.4 Å². The Bertz CT molecular complexity index is 339. The van der Waals surface area contributed by atoms with E-state index in [0.29, 0.717) is 18.7 Å². The first-order valence-corrected chi connectivity index (χ1v) is 6.13. The second-order valence-corrected chi connectivity index (χ2v) is 4.76. The Balaban J connectivity index is 2.72. The van der Waals surface area contributed by atoms with E-state index < -0.39 is 0 Å². The van der Waals surface area contributed by atoms with Crippen molar-refractivity contribution < 1.29 is 4.74 Å². The Hall–Kier alpha value is -1.22. The van der Waals surface area contributed by atoms with Crippen LogP contribution >= 0.6 is 0 Å². The van der Waals surface area contributed by atoms with E-state index in [0.717, 1.165) is 5.69 Å². The Morgan fingerprint density at radius 1 is 1.29 bits per heavy atom. The van der Waals surface area contributed by atoms with Gasteiger partial charge in [0, 0.05) is 37.6 Å². The van der Waals surface area contributed by atoms with Crippen LogP contribution in [0.25, 0.3) is 0 Å². The summed E-state index contributed by atoms with van der Waals surface area (Å²) >= 11 is 0. The number of nitrogens with one attached hydrogen (secondary N) is 1. The lowest BCUT2D eigenvalue weighted by Gasteiger charge is -2.25. The predicted octanol–water partition coefficient (Wildman–Crippen LogP) is 2.98. The molecule has 0 spiro atoms. The van der Waals surface area contributed by atoms with Gasteiger partial charge in [-0.15, -0.1) is 0 Å². The van der Waals surface area contributed by atoms with E-state index in [4.69, 9.17) is 4.74 Å². The zero-order valence-electron chi connectivity index (χ0n) is 11.5. The second-order valence-electron chi connectivity index (χ2n) is 4.76. The molecule has 0 aromatic heterocycles. The second kappa shape index (κ2) is 6.50. The highest BCUT2D eigenvalue weighted by Gasteiger charge is 2.06. The van der Waals surface area contributed by atoms with E-state index in [2.05, 4.69) is 62.3 Å². The molecule has 1 unspecified atom stereocenters. The van der Waals surface area contributed by atoms with Gasteiger partial charge >= 0.3 is 0 Å². The van der Waals surface area contributed by atoms with E-state index in [1.165, 1.54) is 5.69 Å². The first kappa shape index (κ1) is 13.8. The predicted molar refractivity (Wildman–Crippen MR) is 74.9 cm³/mol. The van der Waals surface area contributed by atoms with Gasteiger partial charge in [0.2, 0.25) is 0 Å². The highest BCUT2D eigenvalue weighted by molar-refractivity contribution is 5.58. The SMILES string of the molecule is COCC(C)Nc1cccc(N(C)C(C)C)c1. The maximum absolute atomic E-state index is 5.12. The van der Waals surface area contributed by atoms with Gasteiger partial charge < -0.3 is 15.0 Å². The first-order valence-electron chi connectivity index (χ1n) is 6.13. The molecule has 1 atom stereocenters. The minimum atomic E-state index is 0.319. The van der Waals surface area contributed by atoms with Crippen LogP contribution in [0.5, 0.6) is 0 Å². The van der Waals surface area contributed by atoms with Gasteiger partial charge in [0.1, 0.15) is 0 Å². The van der Waals surface area contributed by atoms with Crippen molar-refractivity contribution in [1.82, 2.24) is 0 Å². The Morgan fingerprint density at radius 2 is 2.00 bits per heavy atom. The van der Waals surface area contributed by atoms with E-state index in [1.54, 1.807) is 7.11 Å². The standard InChI is InChI=1S/C14H24N2O/c1-11(2)16(4)14-8-6-7-13(9-14)15-12(3)10-17-5/h6-9,11-12,15H,10H2,1-5H3. The summed E-state index contributed by atoms with van der Waals surface area (Å²) in [6, 6.07) is 9.29. The number of anilines is 2. The number of rotatable bonds is 6. The minimum absolute atomic E-state index is 0.319. The molecular weight excluding hydrogens is 212 g/mol. The number of hydrogen-bond donors (Lipinski definition) is 1. The average Bonchev–Trinajstić information content (AvgIpc) is 2.28. The molecule has 1 N–H and O–H groups in total. The monoisotopic (exact) mass is 236 g/mol. The number of methoxy groups -OCH3 is 1. The van der Waals surface area contributed by atoms with Crippen molar-refractivity contribution in [3.05, 3.63) is 24.3 Å². The Labute approximate surface area is 105 Å². The molecule has 0 amide bonds. The Morgan fingerprint density at radius 3 is 2.59 bits per heavy atom. The molecule has 0 aliphatic carbocycles. The van der Waals surface area contributed by atoms with Gasteiger partial charge in [0.05, 0.1) is 6.61 Å². The van der Waals surface area contributed by atoms with Gasteiger partial charge in [0.15, 0.2) is 0 Å². The van der Waals surface area contributed by atoms with Crippen LogP contribution in [0.4, 0.5) is 11.4 Å². The zero-order valence-corrected chi connectivity index (χ0v) is 11.5. The van der Waals surface area contributed by atoms with Crippen LogP contribution in [0.15, 0.2) is 24.3 Å². The van der Waals surface area contributed by atoms with Crippen LogP contribution < -0.4 is 10.2 Å². The molecule has 1 rings (SSSR count). The van der Waals surface area contributed by atoms with Crippen LogP contribution in [-0.4, -0.2) is 32.8 Å². The molecule has 1 aromatic rings. The smallest absolute Gasteiger partial charge is 0.0661 e. The molecule has 3 nitrogen and oxygen atoms in total. The number of hydrogen-bond acceptors (Lipinski definition) is 3. The summed E-state index contributed by atoms with van der Waals surface area (Å²) in [5.41, 5.74) is 2.37. The van der Waals surface area contributed by atoms with E-state index in [-0.39, 0.29) is 0 Å². The number of benzene rings is 1. The highest BCUT2D eigenvalue weighted by atomic mass is 16.5. The zero-order chi connectivity index (χ0) is 12.8. The normalized spacial score (nSPS) is 12.6. The van der Waals surface area contributed by atoms with Crippen LogP contribution in [0, 0.1) is 0 Å². The van der Waals surface area contributed by atoms with Crippen molar-refractivity contribution in [3.63, 3.8) is 0 Å². The minimum Gasteiger partial charge on any atom is -0.383 e. The van der Waals surface area contributed by atoms with Crippen molar-refractivity contribution in [2.45, 2.75) is 32.9 Å². The van der Waals surface area contributed by atoms with Crippen molar-refractivity contribution in [2.75, 3.05) is 31.0 Å². The van der Waals surface area contributed by atoms with Gasteiger partial charge in [-0.1, -0.05) is 6.07 Å². The van der Waals surface area contributed by atoms with Crippen molar-refractivity contribution in [3.8, 4) is 0 Å². The molecule has 0 heterocycles. The van der Waals surface area contributed by atoms with Gasteiger partial charge in [-0.3, -0.25) is 0 Å².